The van der Waals surface area contributed by atoms with Crippen LogP contribution in [0.4, 0.5) is 11.4 Å². The van der Waals surface area contributed by atoms with E-state index in [9.17, 15) is 14.9 Å². The molecule has 28 heavy (non-hydrogen) atoms. The summed E-state index contributed by atoms with van der Waals surface area (Å²) >= 11 is 0. The van der Waals surface area contributed by atoms with Crippen molar-refractivity contribution >= 4 is 17.3 Å². The molecule has 1 amide bonds. The number of nitrogens with one attached hydrogen (secondary N) is 1. The number of piperazine rings is 1. The van der Waals surface area contributed by atoms with Gasteiger partial charge in [0.1, 0.15) is 0 Å². The molecule has 0 spiro atoms. The number of amides is 1. The number of nitro groups is 1. The molecule has 0 saturated carbocycles. The van der Waals surface area contributed by atoms with Gasteiger partial charge in [0.15, 0.2) is 0 Å². The summed E-state index contributed by atoms with van der Waals surface area (Å²) in [6.45, 7) is 5.75. The second-order valence-corrected chi connectivity index (χ2v) is 7.46. The molecule has 0 bridgehead atoms. The van der Waals surface area contributed by atoms with E-state index in [1.54, 1.807) is 6.07 Å². The smallest absolute Gasteiger partial charge is 0.269 e. The molecule has 1 atom stereocenters. The van der Waals surface area contributed by atoms with Gasteiger partial charge in [0.25, 0.3) is 5.69 Å². The van der Waals surface area contributed by atoms with Gasteiger partial charge in [0.05, 0.1) is 10.8 Å². The highest BCUT2D eigenvalue weighted by Gasteiger charge is 2.32. The fourth-order valence-electron chi connectivity index (χ4n) is 4.04. The normalized spacial score (nSPS) is 20.0. The summed E-state index contributed by atoms with van der Waals surface area (Å²) in [5.41, 5.74) is 2.82. The van der Waals surface area contributed by atoms with Gasteiger partial charge in [-0.15, -0.1) is 0 Å². The van der Waals surface area contributed by atoms with Gasteiger partial charge in [-0.2, -0.15) is 0 Å². The molecule has 2 aliphatic rings. The molecule has 1 N–H and O–H groups in total. The number of nitrogens with zero attached hydrogens (tertiary/aromatic N) is 3. The zero-order chi connectivity index (χ0) is 19.5. The summed E-state index contributed by atoms with van der Waals surface area (Å²) < 4.78 is 0. The maximum absolute atomic E-state index is 12.3. The number of carbonyl (C=O) groups excluding carboxylic acids is 1. The summed E-state index contributed by atoms with van der Waals surface area (Å²) in [4.78, 5) is 27.8. The third-order valence-corrected chi connectivity index (χ3v) is 5.64. The first kappa shape index (κ1) is 18.6. The van der Waals surface area contributed by atoms with E-state index < -0.39 is 4.92 Å². The molecule has 7 heteroatoms. The summed E-state index contributed by atoms with van der Waals surface area (Å²) in [5.74, 6) is -0.365. The molecule has 2 aromatic rings. The lowest BCUT2D eigenvalue weighted by molar-refractivity contribution is -0.384. The number of anilines is 1. The molecule has 146 valence electrons. The molecule has 1 saturated heterocycles. The van der Waals surface area contributed by atoms with Crippen LogP contribution in [0, 0.1) is 10.1 Å². The van der Waals surface area contributed by atoms with Crippen molar-refractivity contribution in [2.24, 2.45) is 0 Å². The van der Waals surface area contributed by atoms with Crippen LogP contribution in [-0.4, -0.2) is 53.4 Å². The molecule has 2 heterocycles. The standard InChI is InChI=1S/C21H24N4O3/c26-21-18(19-14-17(25(27)28)6-7-20(19)22-21)8-9-23-10-12-24(13-11-23)15-16-4-2-1-3-5-16/h1-7,14,18H,8-13,15H2,(H,22,26). The number of nitro benzene ring substituents is 1. The van der Waals surface area contributed by atoms with Crippen molar-refractivity contribution in [2.75, 3.05) is 38.0 Å². The summed E-state index contributed by atoms with van der Waals surface area (Å²) in [5, 5.41) is 13.9. The van der Waals surface area contributed by atoms with Crippen LogP contribution in [0.5, 0.6) is 0 Å². The van der Waals surface area contributed by atoms with Crippen molar-refractivity contribution in [3.05, 3.63) is 69.8 Å². The van der Waals surface area contributed by atoms with Gasteiger partial charge in [-0.25, -0.2) is 0 Å². The lowest BCUT2D eigenvalue weighted by Gasteiger charge is -2.35. The minimum absolute atomic E-state index is 0.0368. The topological polar surface area (TPSA) is 78.7 Å². The number of hydrogen-bond acceptors (Lipinski definition) is 5. The van der Waals surface area contributed by atoms with Gasteiger partial charge < -0.3 is 10.2 Å². The zero-order valence-electron chi connectivity index (χ0n) is 15.7. The average molecular weight is 380 g/mol. The zero-order valence-corrected chi connectivity index (χ0v) is 15.7. The fraction of sp³-hybridized carbons (Fsp3) is 0.381. The van der Waals surface area contributed by atoms with Gasteiger partial charge >= 0.3 is 0 Å². The van der Waals surface area contributed by atoms with E-state index in [-0.39, 0.29) is 17.5 Å². The first-order chi connectivity index (χ1) is 13.6. The maximum atomic E-state index is 12.3. The van der Waals surface area contributed by atoms with Gasteiger partial charge in [0, 0.05) is 50.5 Å². The predicted octanol–water partition coefficient (Wildman–Crippen LogP) is 2.84. The number of non-ortho nitro benzene ring substituents is 1. The Morgan fingerprint density at radius 2 is 1.75 bits per heavy atom. The van der Waals surface area contributed by atoms with Gasteiger partial charge in [-0.05, 0) is 30.2 Å². The highest BCUT2D eigenvalue weighted by molar-refractivity contribution is 6.03. The van der Waals surface area contributed by atoms with E-state index in [1.807, 2.05) is 6.07 Å². The maximum Gasteiger partial charge on any atom is 0.269 e. The summed E-state index contributed by atoms with van der Waals surface area (Å²) in [6, 6.07) is 15.1. The van der Waals surface area contributed by atoms with Crippen LogP contribution >= 0.6 is 0 Å². The van der Waals surface area contributed by atoms with E-state index in [1.165, 1.54) is 17.7 Å². The molecular formula is C21H24N4O3. The van der Waals surface area contributed by atoms with Crippen molar-refractivity contribution in [2.45, 2.75) is 18.9 Å². The second-order valence-electron chi connectivity index (χ2n) is 7.46. The predicted molar refractivity (Wildman–Crippen MR) is 107 cm³/mol. The van der Waals surface area contributed by atoms with Crippen molar-refractivity contribution < 1.29 is 9.72 Å². The van der Waals surface area contributed by atoms with E-state index in [2.05, 4.69) is 39.4 Å². The van der Waals surface area contributed by atoms with Crippen LogP contribution < -0.4 is 5.32 Å². The Morgan fingerprint density at radius 3 is 2.46 bits per heavy atom. The molecule has 4 rings (SSSR count). The largest absolute Gasteiger partial charge is 0.325 e. The molecule has 7 nitrogen and oxygen atoms in total. The summed E-state index contributed by atoms with van der Waals surface area (Å²) in [6.07, 6.45) is 0.679. The lowest BCUT2D eigenvalue weighted by Crippen LogP contribution is -2.46. The van der Waals surface area contributed by atoms with Crippen LogP contribution in [0.1, 0.15) is 23.5 Å². The second kappa shape index (κ2) is 8.08. The van der Waals surface area contributed by atoms with Crippen molar-refractivity contribution in [3.63, 3.8) is 0 Å². The lowest BCUT2D eigenvalue weighted by atomic mass is 9.96. The van der Waals surface area contributed by atoms with Crippen molar-refractivity contribution in [1.29, 1.82) is 0 Å². The van der Waals surface area contributed by atoms with Gasteiger partial charge in [0.2, 0.25) is 5.91 Å². The number of hydrogen-bond donors (Lipinski definition) is 1. The minimum Gasteiger partial charge on any atom is -0.325 e. The highest BCUT2D eigenvalue weighted by Crippen LogP contribution is 2.37. The van der Waals surface area contributed by atoms with Gasteiger partial charge in [-0.1, -0.05) is 30.3 Å². The number of benzene rings is 2. The Labute approximate surface area is 164 Å². The monoisotopic (exact) mass is 380 g/mol. The molecular weight excluding hydrogens is 356 g/mol. The fourth-order valence-corrected chi connectivity index (χ4v) is 4.04. The summed E-state index contributed by atoms with van der Waals surface area (Å²) in [7, 11) is 0. The Hall–Kier alpha value is -2.77. The minimum atomic E-state index is -0.411. The Balaban J connectivity index is 1.31. The van der Waals surface area contributed by atoms with Crippen LogP contribution in [0.25, 0.3) is 0 Å². The molecule has 2 aromatic carbocycles. The molecule has 0 aromatic heterocycles. The quantitative estimate of drug-likeness (QED) is 0.616. The third-order valence-electron chi connectivity index (χ3n) is 5.64. The van der Waals surface area contributed by atoms with Crippen molar-refractivity contribution in [1.82, 2.24) is 9.80 Å². The Kier molecular flexibility index (Phi) is 5.36. The van der Waals surface area contributed by atoms with Crippen LogP contribution in [0.3, 0.4) is 0 Å². The Morgan fingerprint density at radius 1 is 1.04 bits per heavy atom. The van der Waals surface area contributed by atoms with E-state index in [0.29, 0.717) is 12.1 Å². The molecule has 0 radical (unpaired) electrons. The van der Waals surface area contributed by atoms with Crippen LogP contribution in [0.15, 0.2) is 48.5 Å². The SMILES string of the molecule is O=C1Nc2ccc([N+](=O)[O-])cc2C1CCN1CCN(Cc2ccccc2)CC1. The average Bonchev–Trinajstić information content (AvgIpc) is 3.02. The van der Waals surface area contributed by atoms with Gasteiger partial charge in [-0.3, -0.25) is 19.8 Å². The van der Waals surface area contributed by atoms with E-state index in [0.717, 1.165) is 44.8 Å². The number of rotatable bonds is 6. The first-order valence-corrected chi connectivity index (χ1v) is 9.68. The van der Waals surface area contributed by atoms with Crippen LogP contribution in [0.2, 0.25) is 0 Å². The molecule has 0 aliphatic carbocycles. The number of carbonyl (C=O) groups is 1. The number of fused-ring (bicyclic) bond motifs is 1. The molecule has 2 aliphatic heterocycles. The first-order valence-electron chi connectivity index (χ1n) is 9.68. The third kappa shape index (κ3) is 4.05. The molecule has 1 fully saturated rings. The molecule has 1 unspecified atom stereocenters. The Bertz CT molecular complexity index is 863. The van der Waals surface area contributed by atoms with Crippen LogP contribution in [-0.2, 0) is 11.3 Å². The van der Waals surface area contributed by atoms with Crippen molar-refractivity contribution in [3.8, 4) is 0 Å². The highest BCUT2D eigenvalue weighted by atomic mass is 16.6. The van der Waals surface area contributed by atoms with E-state index in [4.69, 9.17) is 0 Å². The van der Waals surface area contributed by atoms with E-state index >= 15 is 0 Å².